The van der Waals surface area contributed by atoms with E-state index in [1.54, 1.807) is 6.07 Å². The van der Waals surface area contributed by atoms with Crippen LogP contribution in [0.25, 0.3) is 0 Å². The zero-order valence-corrected chi connectivity index (χ0v) is 11.4. The zero-order chi connectivity index (χ0) is 15.3. The molecule has 4 nitrogen and oxygen atoms in total. The van der Waals surface area contributed by atoms with Crippen LogP contribution >= 0.6 is 0 Å². The van der Waals surface area contributed by atoms with Crippen molar-refractivity contribution in [3.63, 3.8) is 0 Å². The Labute approximate surface area is 115 Å². The summed E-state index contributed by atoms with van der Waals surface area (Å²) < 4.78 is 37.5. The summed E-state index contributed by atoms with van der Waals surface area (Å²) in [5.41, 5.74) is -0.305. The topological polar surface area (TPSA) is 59.3 Å². The number of ether oxygens (including phenoxy) is 2. The SMILES string of the molecule is CCC(F)(F)c1cc(C#N)ccc1O[C@@H](C)C(=O)OC. The lowest BCUT2D eigenvalue weighted by atomic mass is 10.0. The van der Waals surface area contributed by atoms with E-state index in [0.29, 0.717) is 0 Å². The predicted molar refractivity (Wildman–Crippen MR) is 67.4 cm³/mol. The van der Waals surface area contributed by atoms with E-state index < -0.39 is 30.0 Å². The van der Waals surface area contributed by atoms with Gasteiger partial charge in [0.1, 0.15) is 5.75 Å². The quantitative estimate of drug-likeness (QED) is 0.779. The molecule has 1 aromatic carbocycles. The molecule has 0 aliphatic carbocycles. The van der Waals surface area contributed by atoms with E-state index in [-0.39, 0.29) is 11.3 Å². The third kappa shape index (κ3) is 3.44. The number of hydrogen-bond acceptors (Lipinski definition) is 4. The minimum Gasteiger partial charge on any atom is -0.479 e. The van der Waals surface area contributed by atoms with Crippen LogP contribution < -0.4 is 4.74 Å². The molecule has 1 rings (SSSR count). The van der Waals surface area contributed by atoms with Crippen LogP contribution in [0.5, 0.6) is 5.75 Å². The maximum Gasteiger partial charge on any atom is 0.346 e. The predicted octanol–water partition coefficient (Wildman–Crippen LogP) is 3.00. The Balaban J connectivity index is 3.20. The van der Waals surface area contributed by atoms with Crippen LogP contribution in [-0.2, 0) is 15.5 Å². The lowest BCUT2D eigenvalue weighted by molar-refractivity contribution is -0.148. The number of rotatable bonds is 5. The van der Waals surface area contributed by atoms with Crippen LogP contribution in [0.15, 0.2) is 18.2 Å². The van der Waals surface area contributed by atoms with Crippen LogP contribution in [0.4, 0.5) is 8.78 Å². The number of carbonyl (C=O) groups is 1. The molecule has 0 heterocycles. The molecular formula is C14H15F2NO3. The Kier molecular flexibility index (Phi) is 5.03. The molecule has 0 amide bonds. The fourth-order valence-electron chi connectivity index (χ4n) is 1.58. The first-order valence-corrected chi connectivity index (χ1v) is 6.02. The third-order valence-corrected chi connectivity index (χ3v) is 2.78. The van der Waals surface area contributed by atoms with E-state index >= 15 is 0 Å². The number of hydrogen-bond donors (Lipinski definition) is 0. The van der Waals surface area contributed by atoms with Crippen LogP contribution in [0, 0.1) is 11.3 Å². The van der Waals surface area contributed by atoms with Gasteiger partial charge in [0.05, 0.1) is 24.3 Å². The molecule has 1 atom stereocenters. The van der Waals surface area contributed by atoms with Crippen molar-refractivity contribution in [3.8, 4) is 11.8 Å². The first kappa shape index (κ1) is 15.9. The van der Waals surface area contributed by atoms with Gasteiger partial charge in [0.15, 0.2) is 6.10 Å². The van der Waals surface area contributed by atoms with Crippen molar-refractivity contribution in [2.45, 2.75) is 32.3 Å². The molecule has 0 aromatic heterocycles. The van der Waals surface area contributed by atoms with E-state index in [2.05, 4.69) is 4.74 Å². The Hall–Kier alpha value is -2.16. The normalized spacial score (nSPS) is 12.4. The van der Waals surface area contributed by atoms with Gasteiger partial charge in [0, 0.05) is 6.42 Å². The number of nitrogens with zero attached hydrogens (tertiary/aromatic N) is 1. The minimum absolute atomic E-state index is 0.103. The van der Waals surface area contributed by atoms with Crippen molar-refractivity contribution >= 4 is 5.97 Å². The number of halogens is 2. The second kappa shape index (κ2) is 6.33. The molecule has 108 valence electrons. The monoisotopic (exact) mass is 283 g/mol. The van der Waals surface area contributed by atoms with Crippen LogP contribution in [0.2, 0.25) is 0 Å². The summed E-state index contributed by atoms with van der Waals surface area (Å²) in [6, 6.07) is 5.49. The summed E-state index contributed by atoms with van der Waals surface area (Å²) >= 11 is 0. The molecule has 0 aliphatic heterocycles. The number of carbonyl (C=O) groups excluding carboxylic acids is 1. The van der Waals surface area contributed by atoms with Gasteiger partial charge in [-0.1, -0.05) is 6.92 Å². The van der Waals surface area contributed by atoms with E-state index in [1.807, 2.05) is 0 Å². The van der Waals surface area contributed by atoms with E-state index in [0.717, 1.165) is 6.07 Å². The molecule has 0 saturated carbocycles. The van der Waals surface area contributed by atoms with Crippen molar-refractivity contribution in [3.05, 3.63) is 29.3 Å². The fourth-order valence-corrected chi connectivity index (χ4v) is 1.58. The number of benzene rings is 1. The molecule has 0 fully saturated rings. The van der Waals surface area contributed by atoms with Crippen molar-refractivity contribution in [2.24, 2.45) is 0 Å². The van der Waals surface area contributed by atoms with Crippen LogP contribution in [-0.4, -0.2) is 19.2 Å². The molecule has 0 saturated heterocycles. The first-order chi connectivity index (χ1) is 9.35. The van der Waals surface area contributed by atoms with Crippen molar-refractivity contribution < 1.29 is 23.0 Å². The lowest BCUT2D eigenvalue weighted by Crippen LogP contribution is -2.26. The van der Waals surface area contributed by atoms with Crippen molar-refractivity contribution in [1.82, 2.24) is 0 Å². The Morgan fingerprint density at radius 3 is 2.65 bits per heavy atom. The molecule has 6 heteroatoms. The van der Waals surface area contributed by atoms with Gasteiger partial charge in [-0.15, -0.1) is 0 Å². The lowest BCUT2D eigenvalue weighted by Gasteiger charge is -2.21. The summed E-state index contributed by atoms with van der Waals surface area (Å²) in [7, 11) is 1.18. The molecular weight excluding hydrogens is 268 g/mol. The van der Waals surface area contributed by atoms with Gasteiger partial charge in [0.2, 0.25) is 0 Å². The smallest absolute Gasteiger partial charge is 0.346 e. The van der Waals surface area contributed by atoms with Gasteiger partial charge in [-0.05, 0) is 25.1 Å². The Morgan fingerprint density at radius 1 is 1.50 bits per heavy atom. The molecule has 0 bridgehead atoms. The van der Waals surface area contributed by atoms with Crippen LogP contribution in [0.1, 0.15) is 31.4 Å². The molecule has 0 spiro atoms. The van der Waals surface area contributed by atoms with Gasteiger partial charge >= 0.3 is 5.97 Å². The second-order valence-corrected chi connectivity index (χ2v) is 4.16. The molecule has 0 unspecified atom stereocenters. The van der Waals surface area contributed by atoms with E-state index in [9.17, 15) is 13.6 Å². The number of alkyl halides is 2. The molecule has 1 aromatic rings. The van der Waals surface area contributed by atoms with Gasteiger partial charge in [-0.2, -0.15) is 5.26 Å². The first-order valence-electron chi connectivity index (χ1n) is 6.02. The largest absolute Gasteiger partial charge is 0.479 e. The standard InChI is InChI=1S/C14H15F2NO3/c1-4-14(15,16)11-7-10(8-17)5-6-12(11)20-9(2)13(18)19-3/h5-7,9H,4H2,1-3H3/t9-/m0/s1. The van der Waals surface area contributed by atoms with Gasteiger partial charge < -0.3 is 9.47 Å². The average molecular weight is 283 g/mol. The average Bonchev–Trinajstić information content (AvgIpc) is 2.46. The second-order valence-electron chi connectivity index (χ2n) is 4.16. The van der Waals surface area contributed by atoms with E-state index in [4.69, 9.17) is 10.00 Å². The highest BCUT2D eigenvalue weighted by molar-refractivity contribution is 5.74. The summed E-state index contributed by atoms with van der Waals surface area (Å²) in [6.07, 6.45) is -1.45. The van der Waals surface area contributed by atoms with Crippen molar-refractivity contribution in [1.29, 1.82) is 5.26 Å². The van der Waals surface area contributed by atoms with Crippen LogP contribution in [0.3, 0.4) is 0 Å². The third-order valence-electron chi connectivity index (χ3n) is 2.78. The number of esters is 1. The molecule has 0 N–H and O–H groups in total. The summed E-state index contributed by atoms with van der Waals surface area (Å²) in [5, 5.41) is 8.79. The van der Waals surface area contributed by atoms with Gasteiger partial charge in [-0.25, -0.2) is 13.6 Å². The van der Waals surface area contributed by atoms with Crippen molar-refractivity contribution in [2.75, 3.05) is 7.11 Å². The highest BCUT2D eigenvalue weighted by atomic mass is 19.3. The summed E-state index contributed by atoms with van der Waals surface area (Å²) in [5.74, 6) is -3.94. The summed E-state index contributed by atoms with van der Waals surface area (Å²) in [6.45, 7) is 2.73. The highest BCUT2D eigenvalue weighted by Gasteiger charge is 2.34. The number of methoxy groups -OCH3 is 1. The van der Waals surface area contributed by atoms with Gasteiger partial charge in [-0.3, -0.25) is 0 Å². The number of nitriles is 1. The molecule has 20 heavy (non-hydrogen) atoms. The minimum atomic E-state index is -3.14. The fraction of sp³-hybridized carbons (Fsp3) is 0.429. The molecule has 0 aliphatic rings. The molecule has 0 radical (unpaired) electrons. The summed E-state index contributed by atoms with van der Waals surface area (Å²) in [4.78, 5) is 11.3. The maximum atomic E-state index is 13.9. The highest BCUT2D eigenvalue weighted by Crippen LogP contribution is 2.38. The zero-order valence-electron chi connectivity index (χ0n) is 11.4. The van der Waals surface area contributed by atoms with Gasteiger partial charge in [0.25, 0.3) is 5.92 Å². The maximum absolute atomic E-state index is 13.9. The van der Waals surface area contributed by atoms with E-state index in [1.165, 1.54) is 33.1 Å². The Morgan fingerprint density at radius 2 is 2.15 bits per heavy atom. The Bertz CT molecular complexity index is 538.